The average molecular weight is 475 g/mol. The molecule has 0 saturated heterocycles. The van der Waals surface area contributed by atoms with Crippen molar-refractivity contribution in [3.63, 3.8) is 0 Å². The number of carbonyl (C=O) groups is 3. The fourth-order valence-corrected chi connectivity index (χ4v) is 2.98. The number of hydrogen-bond donors (Lipinski definition) is 6. The summed E-state index contributed by atoms with van der Waals surface area (Å²) in [5.41, 5.74) is 3.75. The molecule has 0 aromatic heterocycles. The van der Waals surface area contributed by atoms with Gasteiger partial charge in [-0.2, -0.15) is 0 Å². The number of carbonyl (C=O) groups excluding carboxylic acids is 3. The van der Waals surface area contributed by atoms with Crippen LogP contribution < -0.4 is 21.4 Å². The third-order valence-electron chi connectivity index (χ3n) is 5.08. The summed E-state index contributed by atoms with van der Waals surface area (Å²) < 4.78 is 0. The van der Waals surface area contributed by atoms with Gasteiger partial charge in [-0.05, 0) is 80.1 Å². The van der Waals surface area contributed by atoms with Gasteiger partial charge in [-0.1, -0.05) is 11.8 Å². The van der Waals surface area contributed by atoms with Gasteiger partial charge < -0.3 is 21.1 Å². The third kappa shape index (κ3) is 8.29. The van der Waals surface area contributed by atoms with Crippen LogP contribution in [0.5, 0.6) is 0 Å². The molecule has 3 amide bonds. The van der Waals surface area contributed by atoms with Crippen molar-refractivity contribution in [3.05, 3.63) is 65.2 Å². The van der Waals surface area contributed by atoms with E-state index in [1.807, 2.05) is 0 Å². The molecule has 2 atom stereocenters. The number of nitrogens with one attached hydrogen (secondary N) is 4. The van der Waals surface area contributed by atoms with Gasteiger partial charge in [0.2, 0.25) is 5.91 Å². The van der Waals surface area contributed by atoms with Crippen molar-refractivity contribution in [2.45, 2.75) is 38.0 Å². The van der Waals surface area contributed by atoms with E-state index in [0.29, 0.717) is 23.8 Å². The SMILES string of the molecule is CC(O)C(NC(=O)c1ccc(C#CC#Cc2ccc(NC(=O)CNC3CC3)cc2)cc1)C(=O)NO. The molecule has 3 rings (SSSR count). The zero-order valence-corrected chi connectivity index (χ0v) is 19.1. The summed E-state index contributed by atoms with van der Waals surface area (Å²) in [5, 5.41) is 26.7. The molecule has 0 heterocycles. The molecule has 0 bridgehead atoms. The van der Waals surface area contributed by atoms with Crippen molar-refractivity contribution in [3.8, 4) is 23.7 Å². The summed E-state index contributed by atoms with van der Waals surface area (Å²) >= 11 is 0. The number of aliphatic hydroxyl groups is 1. The van der Waals surface area contributed by atoms with Gasteiger partial charge in [0.25, 0.3) is 11.8 Å². The van der Waals surface area contributed by atoms with Gasteiger partial charge in [0, 0.05) is 28.4 Å². The highest BCUT2D eigenvalue weighted by Gasteiger charge is 2.25. The van der Waals surface area contributed by atoms with Crippen LogP contribution in [0.1, 0.15) is 41.3 Å². The molecular formula is C26H26N4O5. The van der Waals surface area contributed by atoms with Crippen molar-refractivity contribution < 1.29 is 24.7 Å². The minimum atomic E-state index is -1.29. The molecular weight excluding hydrogens is 448 g/mol. The first-order chi connectivity index (χ1) is 16.9. The number of aliphatic hydroxyl groups excluding tert-OH is 1. The van der Waals surface area contributed by atoms with Crippen LogP contribution in [0.25, 0.3) is 0 Å². The smallest absolute Gasteiger partial charge is 0.268 e. The van der Waals surface area contributed by atoms with E-state index in [4.69, 9.17) is 5.21 Å². The Morgan fingerprint density at radius 2 is 1.54 bits per heavy atom. The van der Waals surface area contributed by atoms with Crippen molar-refractivity contribution in [2.75, 3.05) is 11.9 Å². The minimum absolute atomic E-state index is 0.0801. The minimum Gasteiger partial charge on any atom is -0.391 e. The Kier molecular flexibility index (Phi) is 8.99. The van der Waals surface area contributed by atoms with Gasteiger partial charge >= 0.3 is 0 Å². The Bertz CT molecular complexity index is 1180. The van der Waals surface area contributed by atoms with E-state index in [1.165, 1.54) is 24.5 Å². The summed E-state index contributed by atoms with van der Waals surface area (Å²) in [6.07, 6.45) is 1.06. The normalized spacial score (nSPS) is 13.7. The molecule has 180 valence electrons. The van der Waals surface area contributed by atoms with Crippen LogP contribution in [-0.4, -0.2) is 52.8 Å². The number of anilines is 1. The number of amides is 3. The summed E-state index contributed by atoms with van der Waals surface area (Å²) in [6, 6.07) is 12.6. The predicted molar refractivity (Wildman–Crippen MR) is 129 cm³/mol. The van der Waals surface area contributed by atoms with E-state index in [-0.39, 0.29) is 11.5 Å². The molecule has 9 heteroatoms. The molecule has 1 aliphatic carbocycles. The topological polar surface area (TPSA) is 140 Å². The molecule has 6 N–H and O–H groups in total. The lowest BCUT2D eigenvalue weighted by atomic mass is 10.1. The first kappa shape index (κ1) is 25.5. The van der Waals surface area contributed by atoms with Crippen LogP contribution in [0, 0.1) is 23.7 Å². The lowest BCUT2D eigenvalue weighted by Gasteiger charge is -2.19. The highest BCUT2D eigenvalue weighted by molar-refractivity contribution is 5.97. The zero-order chi connectivity index (χ0) is 25.2. The summed E-state index contributed by atoms with van der Waals surface area (Å²) in [6.45, 7) is 1.62. The van der Waals surface area contributed by atoms with Gasteiger partial charge in [-0.15, -0.1) is 0 Å². The van der Waals surface area contributed by atoms with E-state index < -0.39 is 24.0 Å². The number of benzene rings is 2. The second kappa shape index (κ2) is 12.4. The van der Waals surface area contributed by atoms with Crippen LogP contribution in [-0.2, 0) is 9.59 Å². The largest absolute Gasteiger partial charge is 0.391 e. The molecule has 35 heavy (non-hydrogen) atoms. The molecule has 1 aliphatic rings. The lowest BCUT2D eigenvalue weighted by molar-refractivity contribution is -0.133. The number of hydrogen-bond acceptors (Lipinski definition) is 6. The Morgan fingerprint density at radius 3 is 2.06 bits per heavy atom. The second-order valence-corrected chi connectivity index (χ2v) is 8.03. The van der Waals surface area contributed by atoms with E-state index >= 15 is 0 Å². The number of rotatable bonds is 8. The quantitative estimate of drug-likeness (QED) is 0.190. The summed E-state index contributed by atoms with van der Waals surface area (Å²) in [5.74, 6) is 9.72. The van der Waals surface area contributed by atoms with E-state index in [1.54, 1.807) is 36.4 Å². The van der Waals surface area contributed by atoms with Crippen molar-refractivity contribution >= 4 is 23.4 Å². The van der Waals surface area contributed by atoms with Crippen LogP contribution >= 0.6 is 0 Å². The predicted octanol–water partition coefficient (Wildman–Crippen LogP) is 0.765. The van der Waals surface area contributed by atoms with Crippen LogP contribution in [0.3, 0.4) is 0 Å². The average Bonchev–Trinajstić information content (AvgIpc) is 3.69. The number of hydroxylamine groups is 1. The highest BCUT2D eigenvalue weighted by Crippen LogP contribution is 2.18. The van der Waals surface area contributed by atoms with Crippen molar-refractivity contribution in [1.29, 1.82) is 0 Å². The van der Waals surface area contributed by atoms with E-state index in [9.17, 15) is 19.5 Å². The second-order valence-electron chi connectivity index (χ2n) is 8.03. The van der Waals surface area contributed by atoms with Crippen molar-refractivity contribution in [2.24, 2.45) is 0 Å². The standard InChI is InChI=1S/C26H26N4O5/c1-17(31)24(26(34)30-35)29-25(33)20-10-6-18(7-11-20)4-2-3-5-19-8-12-22(13-9-19)28-23(32)16-27-21-14-15-21/h6-13,17,21,24,27,31,35H,14-16H2,1H3,(H,28,32)(H,29,33)(H,30,34). The molecule has 0 radical (unpaired) electrons. The zero-order valence-electron chi connectivity index (χ0n) is 19.1. The first-order valence-corrected chi connectivity index (χ1v) is 11.0. The van der Waals surface area contributed by atoms with Crippen LogP contribution in [0.4, 0.5) is 5.69 Å². The molecule has 0 spiro atoms. The van der Waals surface area contributed by atoms with Crippen molar-refractivity contribution in [1.82, 2.24) is 16.1 Å². The molecule has 0 aliphatic heterocycles. The molecule has 2 aromatic rings. The summed E-state index contributed by atoms with van der Waals surface area (Å²) in [4.78, 5) is 35.7. The fourth-order valence-electron chi connectivity index (χ4n) is 2.98. The maximum absolute atomic E-state index is 12.3. The Labute approximate surface area is 203 Å². The van der Waals surface area contributed by atoms with Gasteiger partial charge in [0.15, 0.2) is 0 Å². The molecule has 1 saturated carbocycles. The molecule has 1 fully saturated rings. The first-order valence-electron chi connectivity index (χ1n) is 11.0. The Morgan fingerprint density at radius 1 is 0.971 bits per heavy atom. The highest BCUT2D eigenvalue weighted by atomic mass is 16.5. The lowest BCUT2D eigenvalue weighted by Crippen LogP contribution is -2.51. The van der Waals surface area contributed by atoms with Gasteiger partial charge in [0.05, 0.1) is 12.6 Å². The third-order valence-corrected chi connectivity index (χ3v) is 5.08. The van der Waals surface area contributed by atoms with Gasteiger partial charge in [0.1, 0.15) is 6.04 Å². The fraction of sp³-hybridized carbons (Fsp3) is 0.269. The Hall–Kier alpha value is -4.15. The molecule has 2 unspecified atom stereocenters. The Balaban J connectivity index is 1.52. The van der Waals surface area contributed by atoms with Gasteiger partial charge in [-0.3, -0.25) is 19.6 Å². The maximum Gasteiger partial charge on any atom is 0.268 e. The molecule has 9 nitrogen and oxygen atoms in total. The monoisotopic (exact) mass is 474 g/mol. The van der Waals surface area contributed by atoms with Crippen LogP contribution in [0.15, 0.2) is 48.5 Å². The maximum atomic E-state index is 12.3. The molecule has 2 aromatic carbocycles. The van der Waals surface area contributed by atoms with Gasteiger partial charge in [-0.25, -0.2) is 5.48 Å². The van der Waals surface area contributed by atoms with E-state index in [0.717, 1.165) is 18.4 Å². The van der Waals surface area contributed by atoms with Crippen LogP contribution in [0.2, 0.25) is 0 Å². The van der Waals surface area contributed by atoms with E-state index in [2.05, 4.69) is 39.6 Å². The summed E-state index contributed by atoms with van der Waals surface area (Å²) in [7, 11) is 0.